The van der Waals surface area contributed by atoms with Crippen molar-refractivity contribution in [2.75, 3.05) is 26.7 Å². The van der Waals surface area contributed by atoms with Crippen LogP contribution in [0.4, 0.5) is 0 Å². The molecule has 3 N–H and O–H groups in total. The number of halogens is 1. The standard InChI is InChI=1S/C18H27N5O.HI/c1-18(10-6-12-24-18)13-21-17(19-2)20-11-5-9-16-22-14-7-3-4-8-15(14)23-16;/h3-4,7-8H,5-6,9-13H2,1-2H3,(H,22,23)(H2,19,20,21);1H. The van der Waals surface area contributed by atoms with Crippen molar-refractivity contribution >= 4 is 41.0 Å². The molecule has 1 atom stereocenters. The second-order valence-electron chi connectivity index (χ2n) is 6.56. The molecule has 0 bridgehead atoms. The lowest BCUT2D eigenvalue weighted by molar-refractivity contribution is 0.0243. The van der Waals surface area contributed by atoms with Gasteiger partial charge in [-0.3, -0.25) is 4.99 Å². The van der Waals surface area contributed by atoms with Crippen LogP contribution in [0.2, 0.25) is 0 Å². The average Bonchev–Trinajstić information content (AvgIpc) is 3.20. The van der Waals surface area contributed by atoms with E-state index in [9.17, 15) is 0 Å². The largest absolute Gasteiger partial charge is 0.373 e. The van der Waals surface area contributed by atoms with Gasteiger partial charge in [0.15, 0.2) is 5.96 Å². The molecular weight excluding hydrogens is 429 g/mol. The Hall–Kier alpha value is -1.35. The van der Waals surface area contributed by atoms with E-state index >= 15 is 0 Å². The molecule has 1 saturated heterocycles. The van der Waals surface area contributed by atoms with E-state index < -0.39 is 0 Å². The molecule has 7 heteroatoms. The molecule has 1 aromatic heterocycles. The Kier molecular flexibility index (Phi) is 7.49. The number of nitrogens with one attached hydrogen (secondary N) is 3. The molecule has 2 heterocycles. The molecule has 0 radical (unpaired) electrons. The van der Waals surface area contributed by atoms with Crippen molar-refractivity contribution in [3.05, 3.63) is 30.1 Å². The smallest absolute Gasteiger partial charge is 0.191 e. The molecule has 0 amide bonds. The molecule has 2 aromatic rings. The highest BCUT2D eigenvalue weighted by Gasteiger charge is 2.29. The summed E-state index contributed by atoms with van der Waals surface area (Å²) >= 11 is 0. The molecule has 0 spiro atoms. The Labute approximate surface area is 166 Å². The number of aliphatic imine (C=N–C) groups is 1. The Bertz CT molecular complexity index is 661. The summed E-state index contributed by atoms with van der Waals surface area (Å²) in [5.41, 5.74) is 2.07. The lowest BCUT2D eigenvalue weighted by atomic mass is 10.0. The number of ether oxygens (including phenoxy) is 1. The second-order valence-corrected chi connectivity index (χ2v) is 6.56. The summed E-state index contributed by atoms with van der Waals surface area (Å²) in [4.78, 5) is 12.2. The van der Waals surface area contributed by atoms with E-state index in [4.69, 9.17) is 4.74 Å². The minimum atomic E-state index is -0.0636. The van der Waals surface area contributed by atoms with Gasteiger partial charge in [0.2, 0.25) is 0 Å². The summed E-state index contributed by atoms with van der Waals surface area (Å²) < 4.78 is 5.79. The van der Waals surface area contributed by atoms with Gasteiger partial charge >= 0.3 is 0 Å². The van der Waals surface area contributed by atoms with E-state index in [2.05, 4.69) is 38.6 Å². The van der Waals surface area contributed by atoms with Crippen molar-refractivity contribution < 1.29 is 4.74 Å². The average molecular weight is 457 g/mol. The monoisotopic (exact) mass is 457 g/mol. The van der Waals surface area contributed by atoms with Gasteiger partial charge in [-0.1, -0.05) is 12.1 Å². The van der Waals surface area contributed by atoms with Crippen molar-refractivity contribution in [1.82, 2.24) is 20.6 Å². The normalized spacial score (nSPS) is 20.5. The fourth-order valence-corrected chi connectivity index (χ4v) is 3.05. The SMILES string of the molecule is CN=C(NCCCc1nc2ccccc2[nH]1)NCC1(C)CCCO1.I. The van der Waals surface area contributed by atoms with E-state index in [0.717, 1.165) is 68.2 Å². The number of hydrogen-bond acceptors (Lipinski definition) is 3. The zero-order chi connectivity index (χ0) is 16.8. The van der Waals surface area contributed by atoms with Crippen molar-refractivity contribution in [3.8, 4) is 0 Å². The Morgan fingerprint density at radius 3 is 2.92 bits per heavy atom. The first-order valence-corrected chi connectivity index (χ1v) is 8.71. The number of benzene rings is 1. The summed E-state index contributed by atoms with van der Waals surface area (Å²) in [6, 6.07) is 8.13. The van der Waals surface area contributed by atoms with Gasteiger partial charge in [-0.15, -0.1) is 24.0 Å². The zero-order valence-corrected chi connectivity index (χ0v) is 17.3. The summed E-state index contributed by atoms with van der Waals surface area (Å²) in [5, 5.41) is 6.72. The summed E-state index contributed by atoms with van der Waals surface area (Å²) in [6.45, 7) is 4.66. The summed E-state index contributed by atoms with van der Waals surface area (Å²) in [7, 11) is 1.80. The van der Waals surface area contributed by atoms with Gasteiger partial charge in [0.25, 0.3) is 0 Å². The second kappa shape index (κ2) is 9.38. The molecule has 1 unspecified atom stereocenters. The van der Waals surface area contributed by atoms with Crippen LogP contribution in [0, 0.1) is 0 Å². The van der Waals surface area contributed by atoms with E-state index in [1.54, 1.807) is 7.05 Å². The number of rotatable bonds is 6. The highest BCUT2D eigenvalue weighted by Crippen LogP contribution is 2.23. The van der Waals surface area contributed by atoms with Crippen LogP contribution in [0.15, 0.2) is 29.3 Å². The number of H-pyrrole nitrogens is 1. The third kappa shape index (κ3) is 5.57. The molecule has 0 saturated carbocycles. The third-order valence-corrected chi connectivity index (χ3v) is 4.48. The van der Waals surface area contributed by atoms with Crippen molar-refractivity contribution in [3.63, 3.8) is 0 Å². The molecule has 1 fully saturated rings. The topological polar surface area (TPSA) is 74.3 Å². The first-order valence-electron chi connectivity index (χ1n) is 8.71. The minimum absolute atomic E-state index is 0. The van der Waals surface area contributed by atoms with E-state index in [1.165, 1.54) is 0 Å². The van der Waals surface area contributed by atoms with Crippen molar-refractivity contribution in [2.24, 2.45) is 4.99 Å². The molecule has 25 heavy (non-hydrogen) atoms. The van der Waals surface area contributed by atoms with E-state index in [-0.39, 0.29) is 29.6 Å². The van der Waals surface area contributed by atoms with Crippen LogP contribution in [0.25, 0.3) is 11.0 Å². The Morgan fingerprint density at radius 1 is 1.36 bits per heavy atom. The van der Waals surface area contributed by atoms with E-state index in [0.29, 0.717) is 0 Å². The van der Waals surface area contributed by atoms with Crippen LogP contribution in [0.3, 0.4) is 0 Å². The van der Waals surface area contributed by atoms with Crippen LogP contribution < -0.4 is 10.6 Å². The summed E-state index contributed by atoms with van der Waals surface area (Å²) in [6.07, 6.45) is 4.15. The fraction of sp³-hybridized carbons (Fsp3) is 0.556. The number of aromatic amines is 1. The van der Waals surface area contributed by atoms with Crippen LogP contribution in [-0.2, 0) is 11.2 Å². The number of imidazole rings is 1. The van der Waals surface area contributed by atoms with Gasteiger partial charge in [-0.05, 0) is 38.3 Å². The lowest BCUT2D eigenvalue weighted by Gasteiger charge is -2.24. The van der Waals surface area contributed by atoms with Gasteiger partial charge in [-0.2, -0.15) is 0 Å². The molecule has 3 rings (SSSR count). The lowest BCUT2D eigenvalue weighted by Crippen LogP contribution is -2.45. The number of nitrogens with zero attached hydrogens (tertiary/aromatic N) is 2. The highest BCUT2D eigenvalue weighted by atomic mass is 127. The van der Waals surface area contributed by atoms with E-state index in [1.807, 2.05) is 18.2 Å². The maximum absolute atomic E-state index is 5.79. The molecule has 1 aliphatic rings. The molecule has 0 aliphatic carbocycles. The van der Waals surface area contributed by atoms with Gasteiger partial charge in [0.1, 0.15) is 5.82 Å². The minimum Gasteiger partial charge on any atom is -0.373 e. The number of guanidine groups is 1. The van der Waals surface area contributed by atoms with Crippen LogP contribution in [-0.4, -0.2) is 48.3 Å². The number of aryl methyl sites for hydroxylation is 1. The first-order chi connectivity index (χ1) is 11.7. The molecule has 1 aromatic carbocycles. The first kappa shape index (κ1) is 20.0. The van der Waals surface area contributed by atoms with Gasteiger partial charge in [-0.25, -0.2) is 4.98 Å². The third-order valence-electron chi connectivity index (χ3n) is 4.48. The van der Waals surface area contributed by atoms with Gasteiger partial charge in [0, 0.05) is 33.2 Å². The summed E-state index contributed by atoms with van der Waals surface area (Å²) in [5.74, 6) is 1.86. The fourth-order valence-electron chi connectivity index (χ4n) is 3.05. The van der Waals surface area contributed by atoms with Crippen molar-refractivity contribution in [2.45, 2.75) is 38.2 Å². The van der Waals surface area contributed by atoms with Crippen LogP contribution in [0.5, 0.6) is 0 Å². The Balaban J connectivity index is 0.00000225. The number of aromatic nitrogens is 2. The maximum atomic E-state index is 5.79. The number of hydrogen-bond donors (Lipinski definition) is 3. The van der Waals surface area contributed by atoms with Crippen LogP contribution >= 0.6 is 24.0 Å². The van der Waals surface area contributed by atoms with Gasteiger partial charge in [0.05, 0.1) is 16.6 Å². The Morgan fingerprint density at radius 2 is 2.20 bits per heavy atom. The number of fused-ring (bicyclic) bond motifs is 1. The van der Waals surface area contributed by atoms with Crippen LogP contribution in [0.1, 0.15) is 32.0 Å². The molecular formula is C18H28IN5O. The number of para-hydroxylation sites is 2. The quantitative estimate of drug-likeness (QED) is 0.270. The zero-order valence-electron chi connectivity index (χ0n) is 15.0. The predicted octanol–water partition coefficient (Wildman–Crippen LogP) is 2.85. The predicted molar refractivity (Wildman–Crippen MR) is 113 cm³/mol. The van der Waals surface area contributed by atoms with Crippen molar-refractivity contribution in [1.29, 1.82) is 0 Å². The van der Waals surface area contributed by atoms with Gasteiger partial charge < -0.3 is 20.4 Å². The maximum Gasteiger partial charge on any atom is 0.191 e. The highest BCUT2D eigenvalue weighted by molar-refractivity contribution is 14.0. The molecule has 1 aliphatic heterocycles. The molecule has 6 nitrogen and oxygen atoms in total. The molecule has 138 valence electrons.